The third kappa shape index (κ3) is 4.51. The van der Waals surface area contributed by atoms with Gasteiger partial charge in [0.15, 0.2) is 0 Å². The van der Waals surface area contributed by atoms with Gasteiger partial charge in [-0.1, -0.05) is 30.3 Å². The first-order valence-corrected chi connectivity index (χ1v) is 6.64. The molecule has 0 saturated carbocycles. The first-order chi connectivity index (χ1) is 9.78. The van der Waals surface area contributed by atoms with E-state index in [0.29, 0.717) is 19.1 Å². The van der Waals surface area contributed by atoms with Crippen molar-refractivity contribution in [1.29, 1.82) is 0 Å². The molecule has 0 fully saturated rings. The number of methoxy groups -OCH3 is 1. The molecule has 20 heavy (non-hydrogen) atoms. The molecule has 2 rings (SSSR count). The number of hydrogen-bond acceptors (Lipinski definition) is 5. The van der Waals surface area contributed by atoms with Crippen molar-refractivity contribution in [1.82, 2.24) is 9.97 Å². The molecular formula is C15H20N4O. The smallest absolute Gasteiger partial charge is 0.225 e. The van der Waals surface area contributed by atoms with Crippen LogP contribution in [0.1, 0.15) is 11.3 Å². The van der Waals surface area contributed by atoms with Gasteiger partial charge in [-0.2, -0.15) is 4.98 Å². The molecule has 106 valence electrons. The summed E-state index contributed by atoms with van der Waals surface area (Å²) in [6, 6.07) is 12.1. The van der Waals surface area contributed by atoms with Gasteiger partial charge in [-0.3, -0.25) is 0 Å². The average molecular weight is 272 g/mol. The summed E-state index contributed by atoms with van der Waals surface area (Å²) in [5.74, 6) is 1.44. The maximum atomic E-state index is 5.01. The molecule has 0 aliphatic rings. The molecule has 1 aromatic carbocycles. The van der Waals surface area contributed by atoms with Crippen molar-refractivity contribution in [2.45, 2.75) is 13.5 Å². The van der Waals surface area contributed by atoms with Crippen LogP contribution in [-0.2, 0) is 11.3 Å². The Balaban J connectivity index is 1.97. The van der Waals surface area contributed by atoms with E-state index < -0.39 is 0 Å². The predicted molar refractivity (Wildman–Crippen MR) is 80.9 cm³/mol. The largest absolute Gasteiger partial charge is 0.383 e. The van der Waals surface area contributed by atoms with E-state index in [1.165, 1.54) is 5.56 Å². The molecule has 0 saturated heterocycles. The summed E-state index contributed by atoms with van der Waals surface area (Å²) < 4.78 is 5.01. The maximum Gasteiger partial charge on any atom is 0.225 e. The third-order valence-corrected chi connectivity index (χ3v) is 2.76. The van der Waals surface area contributed by atoms with E-state index in [-0.39, 0.29) is 0 Å². The van der Waals surface area contributed by atoms with Crippen molar-refractivity contribution in [2.24, 2.45) is 0 Å². The van der Waals surface area contributed by atoms with E-state index in [2.05, 4.69) is 32.7 Å². The van der Waals surface area contributed by atoms with Gasteiger partial charge in [-0.05, 0) is 12.5 Å². The van der Waals surface area contributed by atoms with Crippen LogP contribution < -0.4 is 10.6 Å². The minimum Gasteiger partial charge on any atom is -0.383 e. The van der Waals surface area contributed by atoms with Crippen LogP contribution in [0, 0.1) is 6.92 Å². The number of nitrogens with one attached hydrogen (secondary N) is 2. The molecule has 2 N–H and O–H groups in total. The van der Waals surface area contributed by atoms with Gasteiger partial charge in [0.05, 0.1) is 6.61 Å². The lowest BCUT2D eigenvalue weighted by atomic mass is 10.2. The van der Waals surface area contributed by atoms with Crippen molar-refractivity contribution in [3.05, 3.63) is 47.7 Å². The molecule has 1 aromatic heterocycles. The van der Waals surface area contributed by atoms with E-state index >= 15 is 0 Å². The maximum absolute atomic E-state index is 5.01. The summed E-state index contributed by atoms with van der Waals surface area (Å²) >= 11 is 0. The Morgan fingerprint density at radius 2 is 1.90 bits per heavy atom. The second kappa shape index (κ2) is 7.45. The van der Waals surface area contributed by atoms with E-state index in [1.807, 2.05) is 31.2 Å². The van der Waals surface area contributed by atoms with Gasteiger partial charge in [-0.25, -0.2) is 4.98 Å². The highest BCUT2D eigenvalue weighted by Gasteiger charge is 2.02. The zero-order chi connectivity index (χ0) is 14.2. The Labute approximate surface area is 119 Å². The number of nitrogens with zero attached hydrogens (tertiary/aromatic N) is 2. The van der Waals surface area contributed by atoms with Crippen LogP contribution in [0.4, 0.5) is 11.8 Å². The lowest BCUT2D eigenvalue weighted by Crippen LogP contribution is -2.11. The standard InChI is InChI=1S/C15H20N4O/c1-12-10-14(16-8-9-20-2)19-15(18-12)17-11-13-6-4-3-5-7-13/h3-7,10H,8-9,11H2,1-2H3,(H2,16,17,18,19). The van der Waals surface area contributed by atoms with Crippen molar-refractivity contribution in [3.63, 3.8) is 0 Å². The fraction of sp³-hybridized carbons (Fsp3) is 0.333. The normalized spacial score (nSPS) is 10.3. The summed E-state index contributed by atoms with van der Waals surface area (Å²) in [5, 5.41) is 6.45. The van der Waals surface area contributed by atoms with E-state index in [0.717, 1.165) is 18.1 Å². The van der Waals surface area contributed by atoms with Gasteiger partial charge in [-0.15, -0.1) is 0 Å². The summed E-state index contributed by atoms with van der Waals surface area (Å²) in [4.78, 5) is 8.82. The van der Waals surface area contributed by atoms with Crippen LogP contribution in [0.3, 0.4) is 0 Å². The van der Waals surface area contributed by atoms with Crippen molar-refractivity contribution in [3.8, 4) is 0 Å². The average Bonchev–Trinajstić information content (AvgIpc) is 2.46. The molecule has 0 radical (unpaired) electrons. The fourth-order valence-electron chi connectivity index (χ4n) is 1.80. The highest BCUT2D eigenvalue weighted by Crippen LogP contribution is 2.10. The number of aromatic nitrogens is 2. The zero-order valence-corrected chi connectivity index (χ0v) is 11.9. The molecule has 0 amide bonds. The molecule has 0 bridgehead atoms. The van der Waals surface area contributed by atoms with Crippen LogP contribution in [-0.4, -0.2) is 30.2 Å². The molecule has 0 aliphatic heterocycles. The molecule has 0 spiro atoms. The van der Waals surface area contributed by atoms with Crippen LogP contribution in [0.5, 0.6) is 0 Å². The predicted octanol–water partition coefficient (Wildman–Crippen LogP) is 2.46. The number of hydrogen-bond donors (Lipinski definition) is 2. The van der Waals surface area contributed by atoms with Gasteiger partial charge in [0.25, 0.3) is 0 Å². The lowest BCUT2D eigenvalue weighted by molar-refractivity contribution is 0.210. The van der Waals surface area contributed by atoms with Gasteiger partial charge < -0.3 is 15.4 Å². The van der Waals surface area contributed by atoms with Crippen LogP contribution in [0.25, 0.3) is 0 Å². The number of rotatable bonds is 7. The Morgan fingerprint density at radius 1 is 1.10 bits per heavy atom. The minimum absolute atomic E-state index is 0.633. The highest BCUT2D eigenvalue weighted by molar-refractivity contribution is 5.42. The molecule has 0 atom stereocenters. The second-order valence-corrected chi connectivity index (χ2v) is 4.48. The van der Waals surface area contributed by atoms with Gasteiger partial charge in [0.2, 0.25) is 5.95 Å². The SMILES string of the molecule is COCCNc1cc(C)nc(NCc2ccccc2)n1. The van der Waals surface area contributed by atoms with Crippen molar-refractivity contribution < 1.29 is 4.74 Å². The minimum atomic E-state index is 0.633. The van der Waals surface area contributed by atoms with Crippen molar-refractivity contribution >= 4 is 11.8 Å². The Bertz CT molecular complexity index is 531. The molecule has 5 nitrogen and oxygen atoms in total. The Hall–Kier alpha value is -2.14. The first-order valence-electron chi connectivity index (χ1n) is 6.64. The Morgan fingerprint density at radius 3 is 2.65 bits per heavy atom. The van der Waals surface area contributed by atoms with Crippen LogP contribution in [0.2, 0.25) is 0 Å². The van der Waals surface area contributed by atoms with E-state index in [9.17, 15) is 0 Å². The third-order valence-electron chi connectivity index (χ3n) is 2.76. The number of ether oxygens (including phenoxy) is 1. The topological polar surface area (TPSA) is 59.1 Å². The van der Waals surface area contributed by atoms with Gasteiger partial charge in [0, 0.05) is 32.0 Å². The van der Waals surface area contributed by atoms with E-state index in [4.69, 9.17) is 4.74 Å². The van der Waals surface area contributed by atoms with Crippen LogP contribution in [0.15, 0.2) is 36.4 Å². The summed E-state index contributed by atoms with van der Waals surface area (Å²) in [6.07, 6.45) is 0. The molecule has 5 heteroatoms. The highest BCUT2D eigenvalue weighted by atomic mass is 16.5. The molecular weight excluding hydrogens is 252 g/mol. The summed E-state index contributed by atoms with van der Waals surface area (Å²) in [7, 11) is 1.68. The molecule has 2 aromatic rings. The molecule has 0 unspecified atom stereocenters. The van der Waals surface area contributed by atoms with Gasteiger partial charge in [0.1, 0.15) is 5.82 Å². The monoisotopic (exact) mass is 272 g/mol. The molecule has 0 aliphatic carbocycles. The molecule has 1 heterocycles. The zero-order valence-electron chi connectivity index (χ0n) is 11.9. The first kappa shape index (κ1) is 14.3. The van der Waals surface area contributed by atoms with Crippen LogP contribution >= 0.6 is 0 Å². The second-order valence-electron chi connectivity index (χ2n) is 4.48. The lowest BCUT2D eigenvalue weighted by Gasteiger charge is -2.09. The summed E-state index contributed by atoms with van der Waals surface area (Å²) in [6.45, 7) is 4.04. The summed E-state index contributed by atoms with van der Waals surface area (Å²) in [5.41, 5.74) is 2.13. The fourth-order valence-corrected chi connectivity index (χ4v) is 1.80. The van der Waals surface area contributed by atoms with Crippen molar-refractivity contribution in [2.75, 3.05) is 30.9 Å². The number of aryl methyl sites for hydroxylation is 1. The Kier molecular flexibility index (Phi) is 5.32. The number of anilines is 2. The van der Waals surface area contributed by atoms with E-state index in [1.54, 1.807) is 7.11 Å². The number of benzene rings is 1. The quantitative estimate of drug-likeness (QED) is 0.758. The van der Waals surface area contributed by atoms with Gasteiger partial charge >= 0.3 is 0 Å².